The zero-order valence-corrected chi connectivity index (χ0v) is 16.1. The van der Waals surface area contributed by atoms with E-state index in [0.29, 0.717) is 30.2 Å². The van der Waals surface area contributed by atoms with E-state index in [4.69, 9.17) is 14.2 Å². The third kappa shape index (κ3) is 5.23. The summed E-state index contributed by atoms with van der Waals surface area (Å²) in [5.41, 5.74) is 1.53. The van der Waals surface area contributed by atoms with Crippen LogP contribution in [0.15, 0.2) is 48.5 Å². The lowest BCUT2D eigenvalue weighted by Crippen LogP contribution is -2.36. The number of methoxy groups -OCH3 is 2. The Bertz CT molecular complexity index is 775. The minimum atomic E-state index is -1.05. The molecule has 0 bridgehead atoms. The van der Waals surface area contributed by atoms with E-state index < -0.39 is 12.1 Å². The van der Waals surface area contributed by atoms with Crippen molar-refractivity contribution in [3.05, 3.63) is 59.7 Å². The fourth-order valence-corrected chi connectivity index (χ4v) is 2.76. The Morgan fingerprint density at radius 1 is 1.00 bits per heavy atom. The summed E-state index contributed by atoms with van der Waals surface area (Å²) < 4.78 is 15.9. The molecule has 0 N–H and O–H groups in total. The van der Waals surface area contributed by atoms with Gasteiger partial charge in [0.2, 0.25) is 6.10 Å². The molecule has 1 amide bonds. The van der Waals surface area contributed by atoms with Crippen LogP contribution in [0, 0.1) is 0 Å². The quantitative estimate of drug-likeness (QED) is 0.666. The molecule has 0 saturated heterocycles. The lowest BCUT2D eigenvalue weighted by Gasteiger charge is -2.26. The van der Waals surface area contributed by atoms with E-state index in [-0.39, 0.29) is 5.91 Å². The second kappa shape index (κ2) is 9.62. The minimum absolute atomic E-state index is 0.288. The first-order valence-corrected chi connectivity index (χ1v) is 8.72. The van der Waals surface area contributed by atoms with E-state index in [1.165, 1.54) is 21.1 Å². The van der Waals surface area contributed by atoms with Crippen LogP contribution in [0.5, 0.6) is 11.5 Å². The molecule has 0 radical (unpaired) electrons. The minimum Gasteiger partial charge on any atom is -0.493 e. The van der Waals surface area contributed by atoms with Crippen molar-refractivity contribution in [1.82, 2.24) is 4.90 Å². The van der Waals surface area contributed by atoms with Gasteiger partial charge in [-0.05, 0) is 24.6 Å². The summed E-state index contributed by atoms with van der Waals surface area (Å²) in [5.74, 6) is 0.181. The average molecular weight is 371 g/mol. The molecule has 0 aliphatic rings. The monoisotopic (exact) mass is 371 g/mol. The van der Waals surface area contributed by atoms with E-state index in [2.05, 4.69) is 0 Å². The zero-order chi connectivity index (χ0) is 19.8. The molecule has 6 nitrogen and oxygen atoms in total. The molecule has 2 aromatic carbocycles. The van der Waals surface area contributed by atoms with E-state index >= 15 is 0 Å². The molecule has 1 atom stereocenters. The van der Waals surface area contributed by atoms with Crippen LogP contribution >= 0.6 is 0 Å². The number of hydrogen-bond acceptors (Lipinski definition) is 5. The Balaban J connectivity index is 2.33. The molecular formula is C21H25NO5. The van der Waals surface area contributed by atoms with Crippen LogP contribution in [0.25, 0.3) is 0 Å². The molecule has 2 aromatic rings. The van der Waals surface area contributed by atoms with Crippen molar-refractivity contribution < 1.29 is 23.8 Å². The van der Waals surface area contributed by atoms with Crippen molar-refractivity contribution in [1.29, 1.82) is 0 Å². The van der Waals surface area contributed by atoms with Gasteiger partial charge >= 0.3 is 5.97 Å². The Kier molecular flexibility index (Phi) is 7.23. The number of ether oxygens (including phenoxy) is 3. The van der Waals surface area contributed by atoms with Gasteiger partial charge < -0.3 is 19.1 Å². The maximum absolute atomic E-state index is 13.1. The Morgan fingerprint density at radius 3 is 2.22 bits per heavy atom. The maximum atomic E-state index is 13.1. The number of carbonyl (C=O) groups is 2. The lowest BCUT2D eigenvalue weighted by atomic mass is 10.1. The van der Waals surface area contributed by atoms with Gasteiger partial charge in [-0.3, -0.25) is 9.59 Å². The van der Waals surface area contributed by atoms with Gasteiger partial charge in [0.1, 0.15) is 0 Å². The molecule has 6 heteroatoms. The highest BCUT2D eigenvalue weighted by atomic mass is 16.5. The highest BCUT2D eigenvalue weighted by Gasteiger charge is 2.29. The first-order valence-electron chi connectivity index (χ1n) is 8.72. The number of rotatable bonds is 8. The summed E-state index contributed by atoms with van der Waals surface area (Å²) in [6.07, 6.45) is -1.05. The number of carbonyl (C=O) groups excluding carboxylic acids is 2. The number of nitrogens with zero attached hydrogens (tertiary/aromatic N) is 1. The first kappa shape index (κ1) is 20.3. The van der Waals surface area contributed by atoms with Gasteiger partial charge in [0.05, 0.1) is 14.2 Å². The number of amides is 1. The predicted molar refractivity (Wildman–Crippen MR) is 102 cm³/mol. The second-order valence-electron chi connectivity index (χ2n) is 5.94. The van der Waals surface area contributed by atoms with Crippen LogP contribution in [0.1, 0.15) is 31.1 Å². The Morgan fingerprint density at radius 2 is 1.67 bits per heavy atom. The van der Waals surface area contributed by atoms with Crippen LogP contribution in [0.3, 0.4) is 0 Å². The highest BCUT2D eigenvalue weighted by Crippen LogP contribution is 2.32. The topological polar surface area (TPSA) is 65.1 Å². The lowest BCUT2D eigenvalue weighted by molar-refractivity contribution is -0.159. The summed E-state index contributed by atoms with van der Waals surface area (Å²) in [4.78, 5) is 26.4. The van der Waals surface area contributed by atoms with Crippen LogP contribution < -0.4 is 9.47 Å². The van der Waals surface area contributed by atoms with Crippen LogP contribution in [-0.2, 0) is 20.9 Å². The number of hydrogen-bond donors (Lipinski definition) is 0. The van der Waals surface area contributed by atoms with Crippen molar-refractivity contribution in [3.8, 4) is 11.5 Å². The zero-order valence-electron chi connectivity index (χ0n) is 16.1. The van der Waals surface area contributed by atoms with Crippen LogP contribution in [0.2, 0.25) is 0 Å². The standard InChI is InChI=1S/C21H25NO5/c1-5-22(14-16-9-7-6-8-10-16)21(24)20(27-15(2)23)17-11-12-18(25-3)19(13-17)26-4/h6-13,20H,5,14H2,1-4H3. The normalized spacial score (nSPS) is 11.4. The van der Waals surface area contributed by atoms with E-state index in [1.807, 2.05) is 37.3 Å². The van der Waals surface area contributed by atoms with Gasteiger partial charge in [-0.25, -0.2) is 0 Å². The number of esters is 1. The largest absolute Gasteiger partial charge is 0.493 e. The Labute approximate surface area is 159 Å². The number of benzene rings is 2. The van der Waals surface area contributed by atoms with Crippen LogP contribution in [-0.4, -0.2) is 37.5 Å². The van der Waals surface area contributed by atoms with E-state index in [1.54, 1.807) is 23.1 Å². The molecule has 1 unspecified atom stereocenters. The molecule has 0 aliphatic heterocycles. The molecule has 144 valence electrons. The molecule has 0 saturated carbocycles. The van der Waals surface area contributed by atoms with Crippen molar-refractivity contribution >= 4 is 11.9 Å². The summed E-state index contributed by atoms with van der Waals surface area (Å²) in [6.45, 7) is 4.09. The van der Waals surface area contributed by atoms with Gasteiger partial charge in [-0.2, -0.15) is 0 Å². The molecule has 0 fully saturated rings. The van der Waals surface area contributed by atoms with Crippen molar-refractivity contribution in [2.45, 2.75) is 26.5 Å². The van der Waals surface area contributed by atoms with Gasteiger partial charge in [-0.1, -0.05) is 36.4 Å². The van der Waals surface area contributed by atoms with Gasteiger partial charge in [0.25, 0.3) is 5.91 Å². The molecule has 27 heavy (non-hydrogen) atoms. The molecule has 0 aliphatic carbocycles. The average Bonchev–Trinajstić information content (AvgIpc) is 2.69. The van der Waals surface area contributed by atoms with Gasteiger partial charge in [0, 0.05) is 25.6 Å². The third-order valence-corrected chi connectivity index (χ3v) is 4.13. The Hall–Kier alpha value is -3.02. The third-order valence-electron chi connectivity index (χ3n) is 4.13. The summed E-state index contributed by atoms with van der Waals surface area (Å²) in [7, 11) is 3.04. The number of likely N-dealkylation sites (N-methyl/N-ethyl adjacent to an activating group) is 1. The SMILES string of the molecule is CCN(Cc1ccccc1)C(=O)C(OC(C)=O)c1ccc(OC)c(OC)c1. The predicted octanol–water partition coefficient (Wildman–Crippen LogP) is 3.36. The highest BCUT2D eigenvalue weighted by molar-refractivity contribution is 5.85. The van der Waals surface area contributed by atoms with Gasteiger partial charge in [-0.15, -0.1) is 0 Å². The first-order chi connectivity index (χ1) is 13.0. The van der Waals surface area contributed by atoms with E-state index in [9.17, 15) is 9.59 Å². The van der Waals surface area contributed by atoms with Crippen molar-refractivity contribution in [3.63, 3.8) is 0 Å². The summed E-state index contributed by atoms with van der Waals surface area (Å²) >= 11 is 0. The molecule has 0 aromatic heterocycles. The van der Waals surface area contributed by atoms with Crippen molar-refractivity contribution in [2.75, 3.05) is 20.8 Å². The molecule has 0 heterocycles. The molecule has 0 spiro atoms. The second-order valence-corrected chi connectivity index (χ2v) is 5.94. The van der Waals surface area contributed by atoms with Crippen LogP contribution in [0.4, 0.5) is 0 Å². The van der Waals surface area contributed by atoms with Gasteiger partial charge in [0.15, 0.2) is 11.5 Å². The smallest absolute Gasteiger partial charge is 0.303 e. The molecule has 2 rings (SSSR count). The van der Waals surface area contributed by atoms with Crippen molar-refractivity contribution in [2.24, 2.45) is 0 Å². The van der Waals surface area contributed by atoms with E-state index in [0.717, 1.165) is 5.56 Å². The summed E-state index contributed by atoms with van der Waals surface area (Å²) in [5, 5.41) is 0. The summed E-state index contributed by atoms with van der Waals surface area (Å²) in [6, 6.07) is 14.7. The fourth-order valence-electron chi connectivity index (χ4n) is 2.76. The maximum Gasteiger partial charge on any atom is 0.303 e. The fraction of sp³-hybridized carbons (Fsp3) is 0.333. The molecular weight excluding hydrogens is 346 g/mol.